The van der Waals surface area contributed by atoms with Crippen molar-refractivity contribution >= 4 is 22.5 Å². The molecule has 1 N–H and O–H groups in total. The molecule has 5 heteroatoms. The highest BCUT2D eigenvalue weighted by atomic mass is 16.6. The molecule has 0 saturated carbocycles. The average Bonchev–Trinajstić information content (AvgIpc) is 2.72. The molecule has 1 aliphatic carbocycles. The van der Waals surface area contributed by atoms with Crippen LogP contribution >= 0.6 is 0 Å². The smallest absolute Gasteiger partial charge is 0.336 e. The molecule has 2 aliphatic rings. The van der Waals surface area contributed by atoms with Crippen LogP contribution < -0.4 is 5.32 Å². The molecule has 2 aromatic carbocycles. The number of Topliss-reactive ketones (excluding diaryl/α,β-unsaturated/α-hetero) is 1. The number of methoxy groups -OCH3 is 1. The van der Waals surface area contributed by atoms with Gasteiger partial charge in [-0.2, -0.15) is 0 Å². The number of esters is 1. The largest absolute Gasteiger partial charge is 0.460 e. The normalized spacial score (nSPS) is 19.2. The number of benzene rings is 2. The molecule has 150 valence electrons. The highest BCUT2D eigenvalue weighted by Gasteiger charge is 2.39. The topological polar surface area (TPSA) is 64.6 Å². The lowest BCUT2D eigenvalue weighted by Crippen LogP contribution is -2.34. The summed E-state index contributed by atoms with van der Waals surface area (Å²) in [6.07, 6.45) is 2.15. The van der Waals surface area contributed by atoms with Gasteiger partial charge in [-0.05, 0) is 36.1 Å². The van der Waals surface area contributed by atoms with Crippen LogP contribution in [0.25, 0.3) is 10.8 Å². The Morgan fingerprint density at radius 2 is 1.90 bits per heavy atom. The summed E-state index contributed by atoms with van der Waals surface area (Å²) < 4.78 is 10.5. The second kappa shape index (κ2) is 8.21. The van der Waals surface area contributed by atoms with E-state index in [4.69, 9.17) is 9.47 Å². The number of nitrogens with one attached hydrogen (secondary N) is 1. The van der Waals surface area contributed by atoms with Crippen LogP contribution in [0.4, 0.5) is 0 Å². The molecule has 0 aromatic heterocycles. The van der Waals surface area contributed by atoms with Crippen LogP contribution in [0, 0.1) is 0 Å². The van der Waals surface area contributed by atoms with E-state index < -0.39 is 11.9 Å². The number of hydrogen-bond acceptors (Lipinski definition) is 5. The summed E-state index contributed by atoms with van der Waals surface area (Å²) in [5.41, 5.74) is 3.86. The number of carbonyl (C=O) groups is 2. The van der Waals surface area contributed by atoms with Gasteiger partial charge in [-0.15, -0.1) is 0 Å². The number of rotatable bonds is 5. The van der Waals surface area contributed by atoms with Gasteiger partial charge in [0.25, 0.3) is 0 Å². The number of fused-ring (bicyclic) bond motifs is 1. The van der Waals surface area contributed by atoms with Crippen molar-refractivity contribution in [2.45, 2.75) is 32.1 Å². The van der Waals surface area contributed by atoms with Gasteiger partial charge in [0.2, 0.25) is 0 Å². The Kier molecular flexibility index (Phi) is 5.49. The van der Waals surface area contributed by atoms with Gasteiger partial charge < -0.3 is 14.8 Å². The third-order valence-corrected chi connectivity index (χ3v) is 5.65. The molecule has 1 aliphatic heterocycles. The summed E-state index contributed by atoms with van der Waals surface area (Å²) in [5, 5.41) is 5.45. The molecule has 0 unspecified atom stereocenters. The van der Waals surface area contributed by atoms with E-state index in [1.807, 2.05) is 49.4 Å². The van der Waals surface area contributed by atoms with Gasteiger partial charge in [0.1, 0.15) is 6.61 Å². The van der Waals surface area contributed by atoms with Crippen molar-refractivity contribution in [2.75, 3.05) is 20.3 Å². The molecule has 1 heterocycles. The molecular weight excluding hydrogens is 366 g/mol. The van der Waals surface area contributed by atoms with Crippen LogP contribution in [0.2, 0.25) is 0 Å². The lowest BCUT2D eigenvalue weighted by Gasteiger charge is -2.34. The Labute approximate surface area is 170 Å². The highest BCUT2D eigenvalue weighted by molar-refractivity contribution is 6.05. The molecule has 29 heavy (non-hydrogen) atoms. The van der Waals surface area contributed by atoms with Crippen LogP contribution in [0.5, 0.6) is 0 Å². The van der Waals surface area contributed by atoms with Crippen molar-refractivity contribution in [3.8, 4) is 0 Å². The average molecular weight is 391 g/mol. The summed E-state index contributed by atoms with van der Waals surface area (Å²) >= 11 is 0. The van der Waals surface area contributed by atoms with Crippen LogP contribution in [-0.4, -0.2) is 32.1 Å². The molecule has 0 bridgehead atoms. The molecule has 0 amide bonds. The predicted molar refractivity (Wildman–Crippen MR) is 111 cm³/mol. The van der Waals surface area contributed by atoms with E-state index in [2.05, 4.69) is 5.32 Å². The first-order valence-corrected chi connectivity index (χ1v) is 9.99. The fourth-order valence-corrected chi connectivity index (χ4v) is 4.36. The van der Waals surface area contributed by atoms with Crippen molar-refractivity contribution < 1.29 is 19.1 Å². The number of carbonyl (C=O) groups excluding carboxylic acids is 2. The Morgan fingerprint density at radius 3 is 2.72 bits per heavy atom. The van der Waals surface area contributed by atoms with Crippen molar-refractivity contribution in [2.24, 2.45) is 0 Å². The number of allylic oxidation sites excluding steroid dienone is 3. The minimum atomic E-state index is -0.430. The number of hydrogen-bond donors (Lipinski definition) is 1. The molecular formula is C24H25NO4. The molecule has 0 fully saturated rings. The lowest BCUT2D eigenvalue weighted by molar-refractivity contribution is -0.140. The molecule has 0 spiro atoms. The molecule has 5 nitrogen and oxygen atoms in total. The maximum Gasteiger partial charge on any atom is 0.336 e. The van der Waals surface area contributed by atoms with E-state index >= 15 is 0 Å². The number of ether oxygens (including phenoxy) is 2. The Morgan fingerprint density at radius 1 is 1.10 bits per heavy atom. The van der Waals surface area contributed by atoms with E-state index in [0.29, 0.717) is 24.2 Å². The minimum absolute atomic E-state index is 0.103. The molecule has 2 aromatic rings. The van der Waals surface area contributed by atoms with Crippen molar-refractivity contribution in [3.05, 3.63) is 70.6 Å². The first-order valence-electron chi connectivity index (χ1n) is 9.99. The van der Waals surface area contributed by atoms with E-state index in [1.54, 1.807) is 7.11 Å². The summed E-state index contributed by atoms with van der Waals surface area (Å²) in [6.45, 7) is 2.39. The highest BCUT2D eigenvalue weighted by Crippen LogP contribution is 2.44. The van der Waals surface area contributed by atoms with Crippen LogP contribution in [0.1, 0.15) is 37.7 Å². The first-order chi connectivity index (χ1) is 14.1. The Balaban J connectivity index is 1.88. The fraction of sp³-hybridized carbons (Fsp3) is 0.333. The summed E-state index contributed by atoms with van der Waals surface area (Å²) in [4.78, 5) is 26.1. The van der Waals surface area contributed by atoms with Gasteiger partial charge in [-0.3, -0.25) is 4.79 Å². The van der Waals surface area contributed by atoms with Gasteiger partial charge in [-0.25, -0.2) is 4.79 Å². The zero-order chi connectivity index (χ0) is 20.4. The van der Waals surface area contributed by atoms with Crippen LogP contribution in [0.15, 0.2) is 65.0 Å². The predicted octanol–water partition coefficient (Wildman–Crippen LogP) is 4.00. The SMILES string of the molecule is COCCOC(=O)C1=C(C)NC2=C(C(=O)CCC2)[C@@H]1c1cccc2ccccc12. The summed E-state index contributed by atoms with van der Waals surface area (Å²) in [5.74, 6) is -0.735. The Hall–Kier alpha value is -2.92. The second-order valence-electron chi connectivity index (χ2n) is 7.46. The van der Waals surface area contributed by atoms with Crippen LogP contribution in [0.3, 0.4) is 0 Å². The van der Waals surface area contributed by atoms with E-state index in [0.717, 1.165) is 40.6 Å². The summed E-state index contributed by atoms with van der Waals surface area (Å²) in [6, 6.07) is 14.1. The maximum absolute atomic E-state index is 13.1. The third kappa shape index (κ3) is 3.58. The van der Waals surface area contributed by atoms with E-state index in [-0.39, 0.29) is 12.4 Å². The van der Waals surface area contributed by atoms with Crippen LogP contribution in [-0.2, 0) is 19.1 Å². The quantitative estimate of drug-likeness (QED) is 0.617. The number of dihydropyridines is 1. The molecule has 0 saturated heterocycles. The van der Waals surface area contributed by atoms with Gasteiger partial charge in [-0.1, -0.05) is 42.5 Å². The van der Waals surface area contributed by atoms with E-state index in [1.165, 1.54) is 0 Å². The monoisotopic (exact) mass is 391 g/mol. The third-order valence-electron chi connectivity index (χ3n) is 5.65. The van der Waals surface area contributed by atoms with Gasteiger partial charge >= 0.3 is 5.97 Å². The fourth-order valence-electron chi connectivity index (χ4n) is 4.36. The van der Waals surface area contributed by atoms with Crippen molar-refractivity contribution in [3.63, 3.8) is 0 Å². The van der Waals surface area contributed by atoms with Gasteiger partial charge in [0.05, 0.1) is 12.2 Å². The van der Waals surface area contributed by atoms with Crippen molar-refractivity contribution in [1.82, 2.24) is 5.32 Å². The minimum Gasteiger partial charge on any atom is -0.460 e. The Bertz CT molecular complexity index is 1030. The summed E-state index contributed by atoms with van der Waals surface area (Å²) in [7, 11) is 1.57. The number of ketones is 1. The molecule has 4 rings (SSSR count). The molecule has 0 radical (unpaired) electrons. The zero-order valence-corrected chi connectivity index (χ0v) is 16.8. The zero-order valence-electron chi connectivity index (χ0n) is 16.8. The second-order valence-corrected chi connectivity index (χ2v) is 7.46. The maximum atomic E-state index is 13.1. The van der Waals surface area contributed by atoms with Gasteiger partial charge in [0.15, 0.2) is 5.78 Å². The van der Waals surface area contributed by atoms with E-state index in [9.17, 15) is 9.59 Å². The lowest BCUT2D eigenvalue weighted by atomic mass is 9.74. The molecule has 1 atom stereocenters. The van der Waals surface area contributed by atoms with Crippen molar-refractivity contribution in [1.29, 1.82) is 0 Å². The standard InChI is InChI=1S/C24H25NO4/c1-15-21(24(27)29-14-13-28-2)22(23-19(25-15)11-6-12-20(23)26)18-10-5-8-16-7-3-4-9-17(16)18/h3-5,7-10,22,25H,6,11-14H2,1-2H3/t22-/m1/s1. The van der Waals surface area contributed by atoms with Gasteiger partial charge in [0, 0.05) is 36.4 Å². The first kappa shape index (κ1) is 19.4.